The zero-order chi connectivity index (χ0) is 27.6. The first kappa shape index (κ1) is 27.6. The van der Waals surface area contributed by atoms with Crippen LogP contribution in [0.15, 0.2) is 59.2 Å². The van der Waals surface area contributed by atoms with Crippen molar-refractivity contribution in [2.75, 3.05) is 20.3 Å². The number of likely N-dealkylation sites (tertiary alicyclic amines) is 1. The van der Waals surface area contributed by atoms with Gasteiger partial charge in [-0.1, -0.05) is 29.8 Å². The van der Waals surface area contributed by atoms with Crippen molar-refractivity contribution in [3.05, 3.63) is 75.9 Å². The summed E-state index contributed by atoms with van der Waals surface area (Å²) in [6.07, 6.45) is 2.44. The number of imide groups is 1. The molecule has 0 aromatic heterocycles. The minimum atomic E-state index is -0.900. The Labute approximate surface area is 224 Å². The SMILES string of the molecule is C/C(=C\c1cc(C)c(O)c(C)c1)CC[C@@H](O)C1=C(COc2ccccc2)C[C@H]2C(=O)N(C)C(=O)[C@H]2[C@H]1CO. The van der Waals surface area contributed by atoms with Crippen LogP contribution in [0, 0.1) is 31.6 Å². The third kappa shape index (κ3) is 5.54. The van der Waals surface area contributed by atoms with E-state index in [0.29, 0.717) is 36.3 Å². The van der Waals surface area contributed by atoms with E-state index in [4.69, 9.17) is 4.74 Å². The largest absolute Gasteiger partial charge is 0.507 e. The molecule has 7 nitrogen and oxygen atoms in total. The van der Waals surface area contributed by atoms with Gasteiger partial charge in [0.2, 0.25) is 11.8 Å². The number of phenols is 1. The van der Waals surface area contributed by atoms with Crippen LogP contribution < -0.4 is 4.74 Å². The van der Waals surface area contributed by atoms with Crippen molar-refractivity contribution in [2.45, 2.75) is 46.1 Å². The number of aromatic hydroxyl groups is 1. The maximum atomic E-state index is 13.0. The van der Waals surface area contributed by atoms with Crippen LogP contribution in [0.3, 0.4) is 0 Å². The molecule has 1 saturated heterocycles. The Balaban J connectivity index is 1.59. The Bertz CT molecular complexity index is 1240. The van der Waals surface area contributed by atoms with Crippen molar-refractivity contribution < 1.29 is 29.6 Å². The number of allylic oxidation sites excluding steroid dienone is 1. The molecular formula is C31H37NO6. The molecule has 0 saturated carbocycles. The molecule has 1 heterocycles. The van der Waals surface area contributed by atoms with E-state index in [1.807, 2.05) is 69.3 Å². The van der Waals surface area contributed by atoms with Gasteiger partial charge in [0.1, 0.15) is 18.1 Å². The van der Waals surface area contributed by atoms with E-state index >= 15 is 0 Å². The van der Waals surface area contributed by atoms with Gasteiger partial charge in [-0.25, -0.2) is 0 Å². The summed E-state index contributed by atoms with van der Waals surface area (Å²) >= 11 is 0. The highest BCUT2D eigenvalue weighted by atomic mass is 16.5. The van der Waals surface area contributed by atoms with Crippen LogP contribution in [-0.2, 0) is 9.59 Å². The fraction of sp³-hybridized carbons (Fsp3) is 0.419. The minimum absolute atomic E-state index is 0.169. The molecule has 3 N–H and O–H groups in total. The standard InChI is InChI=1S/C31H37NO6/c1-18(12-21-13-19(2)29(35)20(3)14-21)10-11-26(34)27-22(17-38-23-8-6-5-7-9-23)15-24-28(25(27)16-33)31(37)32(4)30(24)36/h5-9,12-14,24-26,28,33-35H,10-11,15-17H2,1-4H3/b18-12+/t24-,25+,26-,28-/m1/s1. The van der Waals surface area contributed by atoms with Crippen LogP contribution in [0.4, 0.5) is 0 Å². The monoisotopic (exact) mass is 519 g/mol. The van der Waals surface area contributed by atoms with E-state index < -0.39 is 23.9 Å². The normalized spacial score (nSPS) is 22.6. The van der Waals surface area contributed by atoms with Crippen LogP contribution in [-0.4, -0.2) is 58.4 Å². The number of carbonyl (C=O) groups is 2. The molecule has 0 bridgehead atoms. The summed E-state index contributed by atoms with van der Waals surface area (Å²) in [5.41, 5.74) is 5.03. The first-order valence-corrected chi connectivity index (χ1v) is 13.1. The summed E-state index contributed by atoms with van der Waals surface area (Å²) in [5.74, 6) is -1.47. The van der Waals surface area contributed by atoms with Crippen molar-refractivity contribution in [1.82, 2.24) is 4.90 Å². The molecule has 2 amide bonds. The summed E-state index contributed by atoms with van der Waals surface area (Å²) in [6.45, 7) is 5.55. The van der Waals surface area contributed by atoms with Gasteiger partial charge in [-0.2, -0.15) is 0 Å². The van der Waals surface area contributed by atoms with Crippen molar-refractivity contribution >= 4 is 17.9 Å². The van der Waals surface area contributed by atoms with E-state index in [-0.39, 0.29) is 25.0 Å². The lowest BCUT2D eigenvalue weighted by Crippen LogP contribution is -2.39. The molecule has 0 unspecified atom stereocenters. The number of nitrogens with zero attached hydrogens (tertiary/aromatic N) is 1. The fourth-order valence-corrected chi connectivity index (χ4v) is 5.89. The molecule has 0 radical (unpaired) electrons. The van der Waals surface area contributed by atoms with Gasteiger partial charge in [0, 0.05) is 13.0 Å². The predicted molar refractivity (Wildman–Crippen MR) is 145 cm³/mol. The van der Waals surface area contributed by atoms with Crippen molar-refractivity contribution in [3.63, 3.8) is 0 Å². The number of carbonyl (C=O) groups excluding carboxylic acids is 2. The quantitative estimate of drug-likeness (QED) is 0.339. The van der Waals surface area contributed by atoms with Crippen LogP contribution in [0.2, 0.25) is 0 Å². The molecule has 0 spiro atoms. The molecule has 1 aliphatic carbocycles. The summed E-state index contributed by atoms with van der Waals surface area (Å²) in [7, 11) is 1.48. The Morgan fingerprint density at radius 1 is 1.13 bits per heavy atom. The van der Waals surface area contributed by atoms with Crippen LogP contribution in [0.5, 0.6) is 11.5 Å². The number of hydrogen-bond donors (Lipinski definition) is 3. The van der Waals surface area contributed by atoms with Crippen molar-refractivity contribution in [3.8, 4) is 11.5 Å². The number of aliphatic hydroxyl groups is 2. The van der Waals surface area contributed by atoms with E-state index in [1.54, 1.807) is 0 Å². The zero-order valence-corrected chi connectivity index (χ0v) is 22.5. The number of hydrogen-bond acceptors (Lipinski definition) is 6. The zero-order valence-electron chi connectivity index (χ0n) is 22.5. The van der Waals surface area contributed by atoms with Gasteiger partial charge in [-0.15, -0.1) is 0 Å². The highest BCUT2D eigenvalue weighted by molar-refractivity contribution is 6.05. The van der Waals surface area contributed by atoms with E-state index in [2.05, 4.69) is 0 Å². The average Bonchev–Trinajstić information content (AvgIpc) is 3.12. The Hall–Kier alpha value is -3.42. The smallest absolute Gasteiger partial charge is 0.233 e. The Kier molecular flexibility index (Phi) is 8.38. The van der Waals surface area contributed by atoms with Crippen LogP contribution in [0.1, 0.15) is 42.9 Å². The van der Waals surface area contributed by atoms with E-state index in [9.17, 15) is 24.9 Å². The van der Waals surface area contributed by atoms with Crippen molar-refractivity contribution in [2.24, 2.45) is 17.8 Å². The molecule has 7 heteroatoms. The summed E-state index contributed by atoms with van der Waals surface area (Å²) in [5, 5.41) is 31.9. The van der Waals surface area contributed by atoms with Gasteiger partial charge in [-0.05, 0) is 92.1 Å². The van der Waals surface area contributed by atoms with E-state index in [0.717, 1.165) is 32.7 Å². The fourth-order valence-electron chi connectivity index (χ4n) is 5.89. The lowest BCUT2D eigenvalue weighted by atomic mass is 9.68. The van der Waals surface area contributed by atoms with Gasteiger partial charge in [-0.3, -0.25) is 14.5 Å². The van der Waals surface area contributed by atoms with Crippen molar-refractivity contribution in [1.29, 1.82) is 0 Å². The third-order valence-electron chi connectivity index (χ3n) is 7.86. The number of aliphatic hydroxyl groups excluding tert-OH is 2. The maximum absolute atomic E-state index is 13.0. The molecule has 38 heavy (non-hydrogen) atoms. The summed E-state index contributed by atoms with van der Waals surface area (Å²) in [6, 6.07) is 13.2. The number of rotatable bonds is 9. The molecule has 202 valence electrons. The number of ether oxygens (including phenoxy) is 1. The minimum Gasteiger partial charge on any atom is -0.507 e. The lowest BCUT2D eigenvalue weighted by Gasteiger charge is -2.36. The second-order valence-electron chi connectivity index (χ2n) is 10.6. The van der Waals surface area contributed by atoms with Gasteiger partial charge in [0.15, 0.2) is 0 Å². The molecule has 1 fully saturated rings. The Morgan fingerprint density at radius 2 is 1.79 bits per heavy atom. The first-order chi connectivity index (χ1) is 18.1. The number of phenolic OH excluding ortho intramolecular Hbond substituents is 1. The van der Waals surface area contributed by atoms with E-state index in [1.165, 1.54) is 7.05 Å². The highest BCUT2D eigenvalue weighted by Crippen LogP contribution is 2.46. The average molecular weight is 520 g/mol. The van der Waals surface area contributed by atoms with Crippen LogP contribution >= 0.6 is 0 Å². The number of fused-ring (bicyclic) bond motifs is 1. The van der Waals surface area contributed by atoms with Crippen LogP contribution in [0.25, 0.3) is 6.08 Å². The number of aryl methyl sites for hydroxylation is 2. The Morgan fingerprint density at radius 3 is 2.42 bits per heavy atom. The second-order valence-corrected chi connectivity index (χ2v) is 10.6. The molecule has 2 aliphatic rings. The second kappa shape index (κ2) is 11.5. The summed E-state index contributed by atoms with van der Waals surface area (Å²) in [4.78, 5) is 26.9. The molecule has 1 aliphatic heterocycles. The van der Waals surface area contributed by atoms with Gasteiger partial charge < -0.3 is 20.1 Å². The molecule has 2 aromatic rings. The maximum Gasteiger partial charge on any atom is 0.233 e. The lowest BCUT2D eigenvalue weighted by molar-refractivity contribution is -0.138. The number of benzene rings is 2. The van der Waals surface area contributed by atoms with Gasteiger partial charge in [0.25, 0.3) is 0 Å². The van der Waals surface area contributed by atoms with Gasteiger partial charge in [0.05, 0.1) is 24.5 Å². The molecule has 4 atom stereocenters. The molecule has 4 rings (SSSR count). The third-order valence-corrected chi connectivity index (χ3v) is 7.86. The predicted octanol–water partition coefficient (Wildman–Crippen LogP) is 4.17. The molecular weight excluding hydrogens is 482 g/mol. The number of amides is 2. The molecule has 2 aromatic carbocycles. The highest BCUT2D eigenvalue weighted by Gasteiger charge is 2.53. The summed E-state index contributed by atoms with van der Waals surface area (Å²) < 4.78 is 6.00. The number of para-hydroxylation sites is 1. The first-order valence-electron chi connectivity index (χ1n) is 13.1. The topological polar surface area (TPSA) is 107 Å². The van der Waals surface area contributed by atoms with Gasteiger partial charge >= 0.3 is 0 Å².